The van der Waals surface area contributed by atoms with Crippen LogP contribution in [0.15, 0.2) is 18.2 Å². The van der Waals surface area contributed by atoms with Crippen LogP contribution in [0, 0.1) is 17.6 Å². The van der Waals surface area contributed by atoms with Gasteiger partial charge in [-0.2, -0.15) is 0 Å². The van der Waals surface area contributed by atoms with Gasteiger partial charge in [-0.25, -0.2) is 8.78 Å². The van der Waals surface area contributed by atoms with Gasteiger partial charge >= 0.3 is 0 Å². The number of amides is 2. The molecule has 0 aromatic heterocycles. The van der Waals surface area contributed by atoms with Crippen molar-refractivity contribution in [2.24, 2.45) is 5.92 Å². The van der Waals surface area contributed by atoms with Crippen molar-refractivity contribution in [2.45, 2.75) is 39.2 Å². The molecule has 4 nitrogen and oxygen atoms in total. The first-order chi connectivity index (χ1) is 10.7. The van der Waals surface area contributed by atoms with Crippen LogP contribution in [0.25, 0.3) is 0 Å². The topological polar surface area (TPSA) is 49.4 Å². The second-order valence-electron chi connectivity index (χ2n) is 6.69. The van der Waals surface area contributed by atoms with Crippen molar-refractivity contribution in [2.75, 3.05) is 13.1 Å². The van der Waals surface area contributed by atoms with E-state index in [0.717, 1.165) is 12.5 Å². The summed E-state index contributed by atoms with van der Waals surface area (Å²) < 4.78 is 26.5. The highest BCUT2D eigenvalue weighted by Gasteiger charge is 2.36. The summed E-state index contributed by atoms with van der Waals surface area (Å²) in [7, 11) is 0. The van der Waals surface area contributed by atoms with E-state index in [1.807, 2.05) is 0 Å². The maximum Gasteiger partial charge on any atom is 0.247 e. The number of carbonyl (C=O) groups is 2. The van der Waals surface area contributed by atoms with E-state index in [9.17, 15) is 18.4 Å². The summed E-state index contributed by atoms with van der Waals surface area (Å²) in [5, 5.41) is 2.65. The van der Waals surface area contributed by atoms with E-state index >= 15 is 0 Å². The van der Waals surface area contributed by atoms with Gasteiger partial charge < -0.3 is 10.2 Å². The van der Waals surface area contributed by atoms with E-state index in [1.165, 1.54) is 19.1 Å². The Morgan fingerprint density at radius 1 is 1.26 bits per heavy atom. The molecule has 1 aromatic carbocycles. The molecular weight excluding hydrogens is 302 g/mol. The van der Waals surface area contributed by atoms with Gasteiger partial charge in [-0.1, -0.05) is 0 Å². The molecule has 1 atom stereocenters. The summed E-state index contributed by atoms with van der Waals surface area (Å²) in [5.74, 6) is -1.40. The van der Waals surface area contributed by atoms with Crippen molar-refractivity contribution < 1.29 is 18.4 Å². The SMILES string of the molecule is CC(=O)NC(C)(C)C(=O)N1CCC(Cc2cc(F)cc(F)c2)C1. The van der Waals surface area contributed by atoms with E-state index in [2.05, 4.69) is 5.32 Å². The molecule has 1 fully saturated rings. The van der Waals surface area contributed by atoms with Crippen LogP contribution in [0.2, 0.25) is 0 Å². The lowest BCUT2D eigenvalue weighted by Crippen LogP contribution is -2.55. The third-order valence-electron chi connectivity index (χ3n) is 4.04. The quantitative estimate of drug-likeness (QED) is 0.924. The van der Waals surface area contributed by atoms with Gasteiger partial charge in [0.25, 0.3) is 0 Å². The number of halogens is 2. The van der Waals surface area contributed by atoms with Crippen LogP contribution in [0.1, 0.15) is 32.8 Å². The van der Waals surface area contributed by atoms with Gasteiger partial charge in [-0.05, 0) is 50.3 Å². The van der Waals surface area contributed by atoms with Crippen molar-refractivity contribution in [1.29, 1.82) is 0 Å². The number of benzene rings is 1. The molecule has 126 valence electrons. The van der Waals surface area contributed by atoms with Crippen LogP contribution in [0.5, 0.6) is 0 Å². The fraction of sp³-hybridized carbons (Fsp3) is 0.529. The Balaban J connectivity index is 1.98. The number of rotatable bonds is 4. The molecule has 1 aliphatic heterocycles. The average molecular weight is 324 g/mol. The Kier molecular flexibility index (Phi) is 5.02. The first-order valence-corrected chi connectivity index (χ1v) is 7.70. The highest BCUT2D eigenvalue weighted by atomic mass is 19.1. The second-order valence-corrected chi connectivity index (χ2v) is 6.69. The third-order valence-corrected chi connectivity index (χ3v) is 4.04. The molecule has 1 heterocycles. The van der Waals surface area contributed by atoms with Crippen molar-refractivity contribution in [3.8, 4) is 0 Å². The minimum atomic E-state index is -0.953. The standard InChI is InChI=1S/C17H22F2N2O2/c1-11(22)20-17(2,3)16(23)21-5-4-12(10-21)6-13-7-14(18)9-15(19)8-13/h7-9,12H,4-6,10H2,1-3H3,(H,20,22). The van der Waals surface area contributed by atoms with E-state index in [-0.39, 0.29) is 17.7 Å². The molecule has 1 N–H and O–H groups in total. The largest absolute Gasteiger partial charge is 0.342 e. The molecule has 0 bridgehead atoms. The summed E-state index contributed by atoms with van der Waals surface area (Å²) in [6, 6.07) is 3.51. The van der Waals surface area contributed by atoms with Crippen LogP contribution in [0.4, 0.5) is 8.78 Å². The Morgan fingerprint density at radius 3 is 2.43 bits per heavy atom. The molecule has 0 saturated carbocycles. The van der Waals surface area contributed by atoms with Crippen molar-refractivity contribution in [1.82, 2.24) is 10.2 Å². The first-order valence-electron chi connectivity index (χ1n) is 7.70. The number of hydrogen-bond acceptors (Lipinski definition) is 2. The van der Waals surface area contributed by atoms with Crippen LogP contribution >= 0.6 is 0 Å². The minimum Gasteiger partial charge on any atom is -0.342 e. The summed E-state index contributed by atoms with van der Waals surface area (Å²) in [6.07, 6.45) is 1.30. The molecule has 1 unspecified atom stereocenters. The lowest BCUT2D eigenvalue weighted by molar-refractivity contribution is -0.139. The summed E-state index contributed by atoms with van der Waals surface area (Å²) >= 11 is 0. The normalized spacial score (nSPS) is 18.1. The maximum atomic E-state index is 13.2. The molecule has 1 aliphatic rings. The highest BCUT2D eigenvalue weighted by Crippen LogP contribution is 2.24. The molecule has 0 aliphatic carbocycles. The molecule has 1 aromatic rings. The van der Waals surface area contributed by atoms with Crippen LogP contribution in [0.3, 0.4) is 0 Å². The average Bonchev–Trinajstić information content (AvgIpc) is 2.83. The lowest BCUT2D eigenvalue weighted by Gasteiger charge is -2.29. The highest BCUT2D eigenvalue weighted by molar-refractivity contribution is 5.90. The number of hydrogen-bond donors (Lipinski definition) is 1. The third kappa shape index (κ3) is 4.50. The van der Waals surface area contributed by atoms with Gasteiger partial charge in [0.1, 0.15) is 17.2 Å². The second kappa shape index (κ2) is 6.64. The van der Waals surface area contributed by atoms with Crippen molar-refractivity contribution >= 4 is 11.8 Å². The van der Waals surface area contributed by atoms with Crippen LogP contribution in [-0.2, 0) is 16.0 Å². The van der Waals surface area contributed by atoms with Gasteiger partial charge in [0.2, 0.25) is 11.8 Å². The molecular formula is C17H22F2N2O2. The molecule has 0 spiro atoms. The maximum absolute atomic E-state index is 13.2. The first kappa shape index (κ1) is 17.4. The van der Waals surface area contributed by atoms with E-state index in [0.29, 0.717) is 25.1 Å². The van der Waals surface area contributed by atoms with Crippen molar-refractivity contribution in [3.05, 3.63) is 35.4 Å². The van der Waals surface area contributed by atoms with Gasteiger partial charge in [-0.3, -0.25) is 9.59 Å². The monoisotopic (exact) mass is 324 g/mol. The number of carbonyl (C=O) groups excluding carboxylic acids is 2. The van der Waals surface area contributed by atoms with E-state index in [1.54, 1.807) is 18.7 Å². The molecule has 0 radical (unpaired) electrons. The molecule has 1 saturated heterocycles. The lowest BCUT2D eigenvalue weighted by atomic mass is 9.98. The van der Waals surface area contributed by atoms with Crippen LogP contribution < -0.4 is 5.32 Å². The number of likely N-dealkylation sites (tertiary alicyclic amines) is 1. The smallest absolute Gasteiger partial charge is 0.247 e. The van der Waals surface area contributed by atoms with Gasteiger partial charge in [0, 0.05) is 26.1 Å². The van der Waals surface area contributed by atoms with Gasteiger partial charge in [-0.15, -0.1) is 0 Å². The van der Waals surface area contributed by atoms with Gasteiger partial charge in [0.05, 0.1) is 0 Å². The van der Waals surface area contributed by atoms with E-state index < -0.39 is 17.2 Å². The minimum absolute atomic E-state index is 0.138. The zero-order chi connectivity index (χ0) is 17.2. The summed E-state index contributed by atoms with van der Waals surface area (Å²) in [5.41, 5.74) is -0.353. The predicted octanol–water partition coefficient (Wildman–Crippen LogP) is 2.27. The molecule has 23 heavy (non-hydrogen) atoms. The Morgan fingerprint density at radius 2 is 1.87 bits per heavy atom. The fourth-order valence-corrected chi connectivity index (χ4v) is 3.13. The Labute approximate surface area is 134 Å². The summed E-state index contributed by atoms with van der Waals surface area (Å²) in [6.45, 7) is 5.84. The number of nitrogens with one attached hydrogen (secondary N) is 1. The van der Waals surface area contributed by atoms with E-state index in [4.69, 9.17) is 0 Å². The predicted molar refractivity (Wildman–Crippen MR) is 82.6 cm³/mol. The Bertz CT molecular complexity index is 596. The summed E-state index contributed by atoms with van der Waals surface area (Å²) in [4.78, 5) is 25.4. The Hall–Kier alpha value is -1.98. The zero-order valence-electron chi connectivity index (χ0n) is 13.7. The zero-order valence-corrected chi connectivity index (χ0v) is 13.7. The molecule has 2 rings (SSSR count). The molecule has 6 heteroatoms. The fourth-order valence-electron chi connectivity index (χ4n) is 3.13. The van der Waals surface area contributed by atoms with Crippen LogP contribution in [-0.4, -0.2) is 35.3 Å². The number of nitrogens with zero attached hydrogens (tertiary/aromatic N) is 1. The van der Waals surface area contributed by atoms with Gasteiger partial charge in [0.15, 0.2) is 0 Å². The van der Waals surface area contributed by atoms with Crippen molar-refractivity contribution in [3.63, 3.8) is 0 Å². The molecule has 2 amide bonds.